The van der Waals surface area contributed by atoms with E-state index >= 15 is 0 Å². The Hall–Kier alpha value is -2.15. The van der Waals surface area contributed by atoms with E-state index in [2.05, 4.69) is 24.1 Å². The van der Waals surface area contributed by atoms with Crippen LogP contribution in [0.25, 0.3) is 0 Å². The van der Waals surface area contributed by atoms with E-state index in [1.807, 2.05) is 24.3 Å². The van der Waals surface area contributed by atoms with Crippen LogP contribution in [0.15, 0.2) is 36.4 Å². The van der Waals surface area contributed by atoms with Gasteiger partial charge in [-0.15, -0.1) is 0 Å². The predicted octanol–water partition coefficient (Wildman–Crippen LogP) is 3.51. The summed E-state index contributed by atoms with van der Waals surface area (Å²) >= 11 is 0. The molecule has 0 radical (unpaired) electrons. The molecule has 0 aromatic heterocycles. The summed E-state index contributed by atoms with van der Waals surface area (Å²) in [6.07, 6.45) is -0.571. The first-order chi connectivity index (χ1) is 14.0. The van der Waals surface area contributed by atoms with Crippen LogP contribution in [0.2, 0.25) is 0 Å². The van der Waals surface area contributed by atoms with E-state index < -0.39 is 6.10 Å². The second-order valence-electron chi connectivity index (χ2n) is 7.12. The molecule has 0 saturated carbocycles. The molecule has 0 saturated heterocycles. The number of methoxy groups -OCH3 is 1. The van der Waals surface area contributed by atoms with Gasteiger partial charge >= 0.3 is 0 Å². The second-order valence-corrected chi connectivity index (χ2v) is 7.12. The highest BCUT2D eigenvalue weighted by atomic mass is 19.1. The highest BCUT2D eigenvalue weighted by Gasteiger charge is 2.12. The molecule has 2 aromatic carbocycles. The predicted molar refractivity (Wildman–Crippen MR) is 114 cm³/mol. The first-order valence-corrected chi connectivity index (χ1v) is 10.1. The Morgan fingerprint density at radius 1 is 1.03 bits per heavy atom. The van der Waals surface area contributed by atoms with Crippen molar-refractivity contribution in [1.29, 1.82) is 0 Å². The van der Waals surface area contributed by atoms with Crippen LogP contribution in [0.4, 0.5) is 4.39 Å². The Morgan fingerprint density at radius 2 is 1.69 bits per heavy atom. The fourth-order valence-electron chi connectivity index (χ4n) is 3.06. The Labute approximate surface area is 173 Å². The maximum absolute atomic E-state index is 13.7. The van der Waals surface area contributed by atoms with Crippen molar-refractivity contribution in [3.63, 3.8) is 0 Å². The fraction of sp³-hybridized carbons (Fsp3) is 0.478. The molecule has 0 aliphatic rings. The van der Waals surface area contributed by atoms with Crippen molar-refractivity contribution >= 4 is 0 Å². The molecule has 2 N–H and O–H groups in total. The summed E-state index contributed by atoms with van der Waals surface area (Å²) in [4.78, 5) is 2.15. The number of nitrogens with one attached hydrogen (secondary N) is 1. The molecule has 0 heterocycles. The summed E-state index contributed by atoms with van der Waals surface area (Å²) < 4.78 is 24.9. The topological polar surface area (TPSA) is 54.0 Å². The zero-order chi connectivity index (χ0) is 21.2. The molecule has 0 aliphatic heterocycles. The normalized spacial score (nSPS) is 12.2. The van der Waals surface area contributed by atoms with Gasteiger partial charge in [0.05, 0.1) is 7.11 Å². The number of hydrogen-bond acceptors (Lipinski definition) is 5. The van der Waals surface area contributed by atoms with Crippen LogP contribution in [0.3, 0.4) is 0 Å². The fourth-order valence-corrected chi connectivity index (χ4v) is 3.06. The van der Waals surface area contributed by atoms with Crippen LogP contribution in [-0.2, 0) is 13.1 Å². The summed E-state index contributed by atoms with van der Waals surface area (Å²) in [6, 6.07) is 11.0. The molecule has 29 heavy (non-hydrogen) atoms. The van der Waals surface area contributed by atoms with E-state index in [-0.39, 0.29) is 12.4 Å². The number of aliphatic hydroxyl groups is 1. The van der Waals surface area contributed by atoms with Crippen molar-refractivity contribution < 1.29 is 19.0 Å². The molecule has 160 valence electrons. The minimum Gasteiger partial charge on any atom is -0.493 e. The van der Waals surface area contributed by atoms with Gasteiger partial charge in [-0.05, 0) is 54.9 Å². The third-order valence-electron chi connectivity index (χ3n) is 4.92. The highest BCUT2D eigenvalue weighted by molar-refractivity contribution is 5.43. The molecule has 0 spiro atoms. The van der Waals surface area contributed by atoms with Crippen LogP contribution in [0.5, 0.6) is 11.5 Å². The van der Waals surface area contributed by atoms with Gasteiger partial charge in [-0.2, -0.15) is 0 Å². The highest BCUT2D eigenvalue weighted by Crippen LogP contribution is 2.28. The molecule has 2 rings (SSSR count). The van der Waals surface area contributed by atoms with Crippen LogP contribution in [0.1, 0.15) is 30.5 Å². The number of likely N-dealkylation sites (N-methyl/N-ethyl adjacent to an activating group) is 1. The zero-order valence-electron chi connectivity index (χ0n) is 17.9. The molecular formula is C23H33FN2O3. The standard InChI is InChI=1S/C23H33FN2O3/c1-5-26(6-2)15-20(27)16-29-23-12-19(9-10-22(23)28-4)14-25-13-18-8-7-17(3)21(24)11-18/h7-12,20,25,27H,5-6,13-16H2,1-4H3. The number of benzene rings is 2. The minimum absolute atomic E-state index is 0.187. The van der Waals surface area contributed by atoms with Gasteiger partial charge < -0.3 is 24.8 Å². The minimum atomic E-state index is -0.571. The Kier molecular flexibility index (Phi) is 9.38. The smallest absolute Gasteiger partial charge is 0.161 e. The molecule has 6 heteroatoms. The lowest BCUT2D eigenvalue weighted by Crippen LogP contribution is -2.35. The van der Waals surface area contributed by atoms with E-state index in [0.29, 0.717) is 36.7 Å². The summed E-state index contributed by atoms with van der Waals surface area (Å²) in [6.45, 7) is 9.63. The van der Waals surface area contributed by atoms with Crippen LogP contribution in [0, 0.1) is 12.7 Å². The van der Waals surface area contributed by atoms with Crippen molar-refractivity contribution in [3.05, 3.63) is 58.9 Å². The average Bonchev–Trinajstić information content (AvgIpc) is 2.73. The number of aryl methyl sites for hydroxylation is 1. The number of nitrogens with zero attached hydrogens (tertiary/aromatic N) is 1. The monoisotopic (exact) mass is 404 g/mol. The van der Waals surface area contributed by atoms with Gasteiger partial charge in [-0.3, -0.25) is 0 Å². The third kappa shape index (κ3) is 7.31. The van der Waals surface area contributed by atoms with Gasteiger partial charge in [0.2, 0.25) is 0 Å². The largest absolute Gasteiger partial charge is 0.493 e. The van der Waals surface area contributed by atoms with Crippen LogP contribution >= 0.6 is 0 Å². The van der Waals surface area contributed by atoms with Crippen molar-refractivity contribution in [1.82, 2.24) is 10.2 Å². The third-order valence-corrected chi connectivity index (χ3v) is 4.92. The van der Waals surface area contributed by atoms with E-state index in [1.54, 1.807) is 26.2 Å². The second kappa shape index (κ2) is 11.8. The maximum atomic E-state index is 13.7. The molecule has 0 aliphatic carbocycles. The zero-order valence-corrected chi connectivity index (χ0v) is 17.9. The SMILES string of the molecule is CCN(CC)CC(O)COc1cc(CNCc2ccc(C)c(F)c2)ccc1OC. The first-order valence-electron chi connectivity index (χ1n) is 10.1. The molecular weight excluding hydrogens is 371 g/mol. The first kappa shape index (κ1) is 23.1. The van der Waals surface area contributed by atoms with Gasteiger partial charge in [-0.25, -0.2) is 4.39 Å². The lowest BCUT2D eigenvalue weighted by molar-refractivity contribution is 0.0705. The molecule has 5 nitrogen and oxygen atoms in total. The molecule has 1 atom stereocenters. The Balaban J connectivity index is 1.92. The average molecular weight is 405 g/mol. The number of halogens is 1. The van der Waals surface area contributed by atoms with E-state index in [4.69, 9.17) is 9.47 Å². The molecule has 0 bridgehead atoms. The van der Waals surface area contributed by atoms with Crippen LogP contribution < -0.4 is 14.8 Å². The molecule has 2 aromatic rings. The number of ether oxygens (including phenoxy) is 2. The molecule has 1 unspecified atom stereocenters. The Morgan fingerprint density at radius 3 is 2.31 bits per heavy atom. The lowest BCUT2D eigenvalue weighted by atomic mass is 10.1. The van der Waals surface area contributed by atoms with Gasteiger partial charge in [0, 0.05) is 19.6 Å². The summed E-state index contributed by atoms with van der Waals surface area (Å²) in [5.41, 5.74) is 2.57. The summed E-state index contributed by atoms with van der Waals surface area (Å²) in [7, 11) is 1.60. The van der Waals surface area contributed by atoms with Gasteiger partial charge in [0.1, 0.15) is 18.5 Å². The van der Waals surface area contributed by atoms with Crippen molar-refractivity contribution in [3.8, 4) is 11.5 Å². The number of hydrogen-bond donors (Lipinski definition) is 2. The van der Waals surface area contributed by atoms with Gasteiger partial charge in [0.15, 0.2) is 11.5 Å². The van der Waals surface area contributed by atoms with Crippen LogP contribution in [-0.4, -0.2) is 49.5 Å². The quantitative estimate of drug-likeness (QED) is 0.567. The van der Waals surface area contributed by atoms with Gasteiger partial charge in [0.25, 0.3) is 0 Å². The Bertz CT molecular complexity index is 766. The summed E-state index contributed by atoms with van der Waals surface area (Å²) in [5.74, 6) is 1.05. The van der Waals surface area contributed by atoms with E-state index in [0.717, 1.165) is 24.2 Å². The van der Waals surface area contributed by atoms with Crippen molar-refractivity contribution in [2.45, 2.75) is 40.0 Å². The van der Waals surface area contributed by atoms with Gasteiger partial charge in [-0.1, -0.05) is 32.0 Å². The van der Waals surface area contributed by atoms with Crippen molar-refractivity contribution in [2.24, 2.45) is 0 Å². The van der Waals surface area contributed by atoms with E-state index in [9.17, 15) is 9.50 Å². The molecule has 0 amide bonds. The molecule has 0 fully saturated rings. The number of rotatable bonds is 12. The van der Waals surface area contributed by atoms with Crippen molar-refractivity contribution in [2.75, 3.05) is 33.4 Å². The summed E-state index contributed by atoms with van der Waals surface area (Å²) in [5, 5.41) is 13.6. The van der Waals surface area contributed by atoms with E-state index in [1.165, 1.54) is 0 Å². The maximum Gasteiger partial charge on any atom is 0.161 e. The lowest BCUT2D eigenvalue weighted by Gasteiger charge is -2.22. The number of aliphatic hydroxyl groups excluding tert-OH is 1.